The maximum absolute atomic E-state index is 11.4. The maximum atomic E-state index is 11.4. The molecule has 1 heterocycles. The molecule has 1 rings (SSSR count). The van der Waals surface area contributed by atoms with Gasteiger partial charge < -0.3 is 15.4 Å². The van der Waals surface area contributed by atoms with E-state index >= 15 is 0 Å². The first-order valence-electron chi connectivity index (χ1n) is 4.15. The largest absolute Gasteiger partial charge is 0.410 e. The van der Waals surface area contributed by atoms with Crippen molar-refractivity contribution in [1.29, 1.82) is 0 Å². The van der Waals surface area contributed by atoms with E-state index < -0.39 is 6.09 Å². The molecule has 0 saturated carbocycles. The second kappa shape index (κ2) is 4.41. The summed E-state index contributed by atoms with van der Waals surface area (Å²) in [4.78, 5) is 27.0. The lowest BCUT2D eigenvalue weighted by Gasteiger charge is -2.09. The highest BCUT2D eigenvalue weighted by Gasteiger charge is 2.09. The van der Waals surface area contributed by atoms with Crippen LogP contribution in [0.2, 0.25) is 0 Å². The van der Waals surface area contributed by atoms with Gasteiger partial charge in [-0.2, -0.15) is 0 Å². The van der Waals surface area contributed by atoms with Crippen LogP contribution in [0, 0.1) is 0 Å². The summed E-state index contributed by atoms with van der Waals surface area (Å²) < 4.78 is 4.56. The Morgan fingerprint density at radius 1 is 1.40 bits per heavy atom. The first kappa shape index (κ1) is 11.0. The number of ether oxygens (including phenoxy) is 1. The summed E-state index contributed by atoms with van der Waals surface area (Å²) in [7, 11) is 3.25. The molecule has 0 saturated heterocycles. The lowest BCUT2D eigenvalue weighted by atomic mass is 10.3. The molecule has 0 radical (unpaired) electrons. The van der Waals surface area contributed by atoms with Crippen molar-refractivity contribution in [3.05, 3.63) is 24.0 Å². The zero-order valence-corrected chi connectivity index (χ0v) is 8.43. The van der Waals surface area contributed by atoms with Crippen LogP contribution >= 0.6 is 0 Å². The highest BCUT2D eigenvalue weighted by atomic mass is 16.5. The summed E-state index contributed by atoms with van der Waals surface area (Å²) >= 11 is 0. The van der Waals surface area contributed by atoms with Crippen molar-refractivity contribution in [3.63, 3.8) is 0 Å². The van der Waals surface area contributed by atoms with E-state index in [1.807, 2.05) is 0 Å². The molecule has 6 heteroatoms. The molecule has 2 amide bonds. The first-order chi connectivity index (χ1) is 7.00. The number of nitrogens with zero attached hydrogens (tertiary/aromatic N) is 2. The number of hydrogen-bond donors (Lipinski definition) is 1. The SMILES string of the molecule is CN(C)C(=O)c1ccc(OC(N)=O)cn1. The van der Waals surface area contributed by atoms with Crippen LogP contribution in [0.4, 0.5) is 4.79 Å². The molecule has 0 aromatic carbocycles. The number of rotatable bonds is 2. The van der Waals surface area contributed by atoms with Gasteiger partial charge in [0.25, 0.3) is 5.91 Å². The van der Waals surface area contributed by atoms with Gasteiger partial charge >= 0.3 is 6.09 Å². The normalized spacial score (nSPS) is 9.47. The Morgan fingerprint density at radius 2 is 2.07 bits per heavy atom. The molecule has 0 fully saturated rings. The molecule has 1 aromatic heterocycles. The van der Waals surface area contributed by atoms with Gasteiger partial charge in [-0.05, 0) is 12.1 Å². The lowest BCUT2D eigenvalue weighted by Crippen LogP contribution is -2.22. The molecular weight excluding hydrogens is 198 g/mol. The third-order valence-electron chi connectivity index (χ3n) is 1.58. The molecule has 0 aliphatic heterocycles. The minimum absolute atomic E-state index is 0.206. The molecular formula is C9H11N3O3. The fraction of sp³-hybridized carbons (Fsp3) is 0.222. The number of aromatic nitrogens is 1. The zero-order valence-electron chi connectivity index (χ0n) is 8.43. The van der Waals surface area contributed by atoms with Gasteiger partial charge in [0.05, 0.1) is 6.20 Å². The zero-order chi connectivity index (χ0) is 11.4. The molecule has 1 aromatic rings. The van der Waals surface area contributed by atoms with Crippen LogP contribution in [0.1, 0.15) is 10.5 Å². The van der Waals surface area contributed by atoms with Crippen LogP contribution in [0.25, 0.3) is 0 Å². The topological polar surface area (TPSA) is 85.5 Å². The van der Waals surface area contributed by atoms with Gasteiger partial charge in [0.15, 0.2) is 5.75 Å². The van der Waals surface area contributed by atoms with Gasteiger partial charge in [-0.25, -0.2) is 9.78 Å². The first-order valence-corrected chi connectivity index (χ1v) is 4.15. The summed E-state index contributed by atoms with van der Waals surface area (Å²) in [5, 5.41) is 0. The van der Waals surface area contributed by atoms with E-state index in [1.54, 1.807) is 14.1 Å². The summed E-state index contributed by atoms with van der Waals surface area (Å²) in [6, 6.07) is 2.91. The summed E-state index contributed by atoms with van der Waals surface area (Å²) in [6.45, 7) is 0. The Morgan fingerprint density at radius 3 is 2.47 bits per heavy atom. The highest BCUT2D eigenvalue weighted by Crippen LogP contribution is 2.09. The number of pyridine rings is 1. The molecule has 0 unspecified atom stereocenters. The Hall–Kier alpha value is -2.11. The molecule has 0 atom stereocenters. The Kier molecular flexibility index (Phi) is 3.22. The molecule has 0 aliphatic rings. The van der Waals surface area contributed by atoms with E-state index in [1.165, 1.54) is 23.2 Å². The second-order valence-corrected chi connectivity index (χ2v) is 3.00. The van der Waals surface area contributed by atoms with Gasteiger partial charge in [-0.15, -0.1) is 0 Å². The molecule has 6 nitrogen and oxygen atoms in total. The highest BCUT2D eigenvalue weighted by molar-refractivity contribution is 5.91. The van der Waals surface area contributed by atoms with Crippen LogP contribution in [0.3, 0.4) is 0 Å². The van der Waals surface area contributed by atoms with Gasteiger partial charge in [0, 0.05) is 14.1 Å². The molecule has 80 valence electrons. The van der Waals surface area contributed by atoms with Crippen molar-refractivity contribution >= 4 is 12.0 Å². The van der Waals surface area contributed by atoms with Crippen molar-refractivity contribution in [3.8, 4) is 5.75 Å². The van der Waals surface area contributed by atoms with Crippen LogP contribution in [-0.2, 0) is 0 Å². The van der Waals surface area contributed by atoms with E-state index in [4.69, 9.17) is 5.73 Å². The van der Waals surface area contributed by atoms with E-state index in [0.29, 0.717) is 0 Å². The van der Waals surface area contributed by atoms with Crippen molar-refractivity contribution in [1.82, 2.24) is 9.88 Å². The maximum Gasteiger partial charge on any atom is 0.410 e. The Balaban J connectivity index is 2.81. The fourth-order valence-corrected chi connectivity index (χ4v) is 0.912. The third kappa shape index (κ3) is 2.94. The van der Waals surface area contributed by atoms with Crippen molar-refractivity contribution < 1.29 is 14.3 Å². The number of nitrogens with two attached hydrogens (primary N) is 1. The minimum atomic E-state index is -0.913. The van der Waals surface area contributed by atoms with Crippen molar-refractivity contribution in [2.75, 3.05) is 14.1 Å². The predicted molar refractivity (Wildman–Crippen MR) is 52.5 cm³/mol. The van der Waals surface area contributed by atoms with Crippen molar-refractivity contribution in [2.24, 2.45) is 5.73 Å². The average molecular weight is 209 g/mol. The number of primary amides is 1. The molecule has 0 bridgehead atoms. The van der Waals surface area contributed by atoms with Gasteiger partial charge in [0.2, 0.25) is 0 Å². The summed E-state index contributed by atoms with van der Waals surface area (Å²) in [5.41, 5.74) is 5.08. The van der Waals surface area contributed by atoms with Gasteiger partial charge in [-0.3, -0.25) is 4.79 Å². The van der Waals surface area contributed by atoms with E-state index in [2.05, 4.69) is 9.72 Å². The van der Waals surface area contributed by atoms with E-state index in [-0.39, 0.29) is 17.4 Å². The monoisotopic (exact) mass is 209 g/mol. The quantitative estimate of drug-likeness (QED) is 0.756. The lowest BCUT2D eigenvalue weighted by molar-refractivity contribution is 0.0822. The Labute approximate surface area is 86.6 Å². The smallest absolute Gasteiger partial charge is 0.409 e. The van der Waals surface area contributed by atoms with Crippen LogP contribution in [-0.4, -0.2) is 36.0 Å². The molecule has 2 N–H and O–H groups in total. The Bertz CT molecular complexity index is 373. The third-order valence-corrected chi connectivity index (χ3v) is 1.58. The average Bonchev–Trinajstić information content (AvgIpc) is 2.17. The van der Waals surface area contributed by atoms with Crippen molar-refractivity contribution in [2.45, 2.75) is 0 Å². The van der Waals surface area contributed by atoms with Crippen LogP contribution in [0.15, 0.2) is 18.3 Å². The summed E-state index contributed by atoms with van der Waals surface area (Å²) in [5.74, 6) is -0.0153. The van der Waals surface area contributed by atoms with E-state index in [0.717, 1.165) is 0 Å². The van der Waals surface area contributed by atoms with Gasteiger partial charge in [0.1, 0.15) is 5.69 Å². The number of amides is 2. The number of hydrogen-bond acceptors (Lipinski definition) is 4. The number of carbonyl (C=O) groups is 2. The van der Waals surface area contributed by atoms with Gasteiger partial charge in [-0.1, -0.05) is 0 Å². The second-order valence-electron chi connectivity index (χ2n) is 3.00. The summed E-state index contributed by atoms with van der Waals surface area (Å²) in [6.07, 6.45) is 0.352. The van der Waals surface area contributed by atoms with Crippen LogP contribution in [0.5, 0.6) is 5.75 Å². The number of carbonyl (C=O) groups excluding carboxylic acids is 2. The van der Waals surface area contributed by atoms with E-state index in [9.17, 15) is 9.59 Å². The standard InChI is InChI=1S/C9H11N3O3/c1-12(2)8(13)7-4-3-6(5-11-7)15-9(10)14/h3-5H,1-2H3,(H2,10,14). The molecule has 0 spiro atoms. The fourth-order valence-electron chi connectivity index (χ4n) is 0.912. The minimum Gasteiger partial charge on any atom is -0.409 e. The molecule has 15 heavy (non-hydrogen) atoms. The van der Waals surface area contributed by atoms with Crippen LogP contribution < -0.4 is 10.5 Å². The molecule has 0 aliphatic carbocycles. The predicted octanol–water partition coefficient (Wildman–Crippen LogP) is 0.241.